The first-order valence-corrected chi connectivity index (χ1v) is 24.8. The summed E-state index contributed by atoms with van der Waals surface area (Å²) in [5.74, 6) is -12.4. The molecule has 6 amide bonds. The lowest BCUT2D eigenvalue weighted by Gasteiger charge is -2.25. The number of hydrogen-bond donors (Lipinski definition) is 10. The highest BCUT2D eigenvalue weighted by atomic mass is 33.1. The van der Waals surface area contributed by atoms with E-state index in [4.69, 9.17) is 22.9 Å². The lowest BCUT2D eigenvalue weighted by Crippen LogP contribution is -2.53. The number of primary amides is 1. The Hall–Kier alpha value is -5.20. The van der Waals surface area contributed by atoms with Crippen molar-refractivity contribution < 1.29 is 53.1 Å². The second kappa shape index (κ2) is 28.7. The van der Waals surface area contributed by atoms with Crippen LogP contribution in [0.15, 0.2) is 35.3 Å². The van der Waals surface area contributed by atoms with Crippen molar-refractivity contribution in [1.29, 1.82) is 0 Å². The number of thioether (sulfide) groups is 1. The summed E-state index contributed by atoms with van der Waals surface area (Å²) in [6.07, 6.45) is -0.875. The number of nitrogens with two attached hydrogens (primary N) is 4. The van der Waals surface area contributed by atoms with Crippen molar-refractivity contribution in [2.24, 2.45) is 45.7 Å². The number of unbranched alkanes of at least 4 members (excludes halogenated alkanes) is 1. The number of Topliss-reactive ketones (excluding diaryl/α,β-unsaturated/α-hetero) is 3. The number of ketones is 3. The van der Waals surface area contributed by atoms with Gasteiger partial charge in [0.1, 0.15) is 12.1 Å². The van der Waals surface area contributed by atoms with Crippen molar-refractivity contribution in [3.05, 3.63) is 35.9 Å². The Kier molecular flexibility index (Phi) is 23.9. The molecule has 358 valence electrons. The second-order valence-electron chi connectivity index (χ2n) is 15.7. The Morgan fingerprint density at radius 2 is 1.34 bits per heavy atom. The largest absolute Gasteiger partial charge is 0.481 e. The Labute approximate surface area is 388 Å². The smallest absolute Gasteiger partial charge is 0.304 e. The van der Waals surface area contributed by atoms with E-state index in [1.807, 2.05) is 0 Å². The molecular weight excluding hydrogens is 905 g/mol. The molecule has 2 fully saturated rings. The lowest BCUT2D eigenvalue weighted by molar-refractivity contribution is -0.142. The molecule has 65 heavy (non-hydrogen) atoms. The van der Waals surface area contributed by atoms with Crippen LogP contribution < -0.4 is 49.5 Å². The molecular formula is C41H60N10O11S3. The van der Waals surface area contributed by atoms with Crippen LogP contribution in [0.1, 0.15) is 63.4 Å². The second-order valence-corrected chi connectivity index (χ2v) is 19.3. The van der Waals surface area contributed by atoms with E-state index in [2.05, 4.69) is 31.6 Å². The number of benzene rings is 1. The average Bonchev–Trinajstić information content (AvgIpc) is 3.25. The number of guanidine groups is 1. The van der Waals surface area contributed by atoms with Gasteiger partial charge in [-0.25, -0.2) is 0 Å². The lowest BCUT2D eigenvalue weighted by atomic mass is 9.91. The van der Waals surface area contributed by atoms with Crippen molar-refractivity contribution in [2.75, 3.05) is 42.6 Å². The number of fused-ring (bicyclic) bond motifs is 5. The molecule has 3 rings (SSSR count). The average molecular weight is 965 g/mol. The normalized spacial score (nSPS) is 25.3. The topological polar surface area (TPSA) is 368 Å². The summed E-state index contributed by atoms with van der Waals surface area (Å²) in [7, 11) is 2.09. The molecule has 2 bridgehead atoms. The van der Waals surface area contributed by atoms with E-state index >= 15 is 0 Å². The maximum absolute atomic E-state index is 14.3. The number of nitrogens with one attached hydrogen (secondary N) is 5. The molecule has 7 atom stereocenters. The van der Waals surface area contributed by atoms with Crippen LogP contribution in [0, 0.1) is 17.8 Å². The Bertz CT molecular complexity index is 1890. The van der Waals surface area contributed by atoms with E-state index < -0.39 is 133 Å². The monoisotopic (exact) mass is 964 g/mol. The van der Waals surface area contributed by atoms with Gasteiger partial charge < -0.3 is 54.6 Å². The van der Waals surface area contributed by atoms with Gasteiger partial charge in [-0.15, -0.1) is 11.8 Å². The molecule has 0 aromatic heterocycles. The van der Waals surface area contributed by atoms with Crippen LogP contribution in [-0.4, -0.2) is 137 Å². The predicted molar refractivity (Wildman–Crippen MR) is 247 cm³/mol. The van der Waals surface area contributed by atoms with Crippen molar-refractivity contribution in [2.45, 2.75) is 88.4 Å². The standard InChI is InChI=1S/C41H60N10O11S3/c42-11-5-4-10-28-40(62)50-30-21-65-64-20-29(33(54)16-25(13-23-7-2-1-3-8-23)38(60)51-31(36(43)58)19-63-22-34(55)48-28)49-39(61)26(17-35(56)57)14-27(52)18-47-37(59)24(15-32(30)53)9-6-12-46-41(44)45/h1-3,7-8,24-26,28-31H,4-6,9-22,42H2,(H2,43,58)(H,47,59)(H,48,55)(H,49,61)(H,50,62)(H,51,60)(H,56,57)(H4,44,45,46)/t24-,25-,26+,28+,29+,30+,31+/m1/s1. The molecule has 0 aliphatic carbocycles. The molecule has 2 aliphatic rings. The molecule has 0 spiro atoms. The van der Waals surface area contributed by atoms with E-state index in [-0.39, 0.29) is 61.2 Å². The first-order chi connectivity index (χ1) is 31.0. The van der Waals surface area contributed by atoms with E-state index in [9.17, 15) is 53.1 Å². The summed E-state index contributed by atoms with van der Waals surface area (Å²) < 4.78 is 0. The zero-order valence-electron chi connectivity index (χ0n) is 36.0. The number of rotatable bonds is 13. The van der Waals surface area contributed by atoms with E-state index in [0.29, 0.717) is 24.9 Å². The zero-order chi connectivity index (χ0) is 47.9. The fourth-order valence-corrected chi connectivity index (χ4v) is 10.2. The van der Waals surface area contributed by atoms with Gasteiger partial charge in [-0.3, -0.25) is 52.9 Å². The van der Waals surface area contributed by atoms with Gasteiger partial charge in [-0.2, -0.15) is 0 Å². The summed E-state index contributed by atoms with van der Waals surface area (Å²) in [6.45, 7) is -0.205. The van der Waals surface area contributed by atoms with Crippen LogP contribution in [0.3, 0.4) is 0 Å². The van der Waals surface area contributed by atoms with Crippen molar-refractivity contribution >= 4 is 98.1 Å². The number of carbonyl (C=O) groups is 10. The zero-order valence-corrected chi connectivity index (χ0v) is 38.4. The maximum atomic E-state index is 14.3. The predicted octanol–water partition coefficient (Wildman–Crippen LogP) is -1.70. The number of aliphatic carboxylic acids is 1. The van der Waals surface area contributed by atoms with E-state index in [1.54, 1.807) is 30.3 Å². The molecule has 24 heteroatoms. The van der Waals surface area contributed by atoms with Crippen molar-refractivity contribution in [1.82, 2.24) is 26.6 Å². The number of carboxylic acids is 1. The van der Waals surface area contributed by atoms with Crippen LogP contribution in [0.2, 0.25) is 0 Å². The highest BCUT2D eigenvalue weighted by Gasteiger charge is 2.35. The summed E-state index contributed by atoms with van der Waals surface area (Å²) in [4.78, 5) is 139. The van der Waals surface area contributed by atoms with E-state index in [0.717, 1.165) is 33.3 Å². The van der Waals surface area contributed by atoms with Gasteiger partial charge in [0.15, 0.2) is 23.3 Å². The van der Waals surface area contributed by atoms with Crippen LogP contribution in [0.5, 0.6) is 0 Å². The molecule has 14 N–H and O–H groups in total. The van der Waals surface area contributed by atoms with Gasteiger partial charge in [0.25, 0.3) is 0 Å². The minimum absolute atomic E-state index is 0.0220. The van der Waals surface area contributed by atoms with Gasteiger partial charge in [0.2, 0.25) is 35.4 Å². The number of carbonyl (C=O) groups excluding carboxylic acids is 9. The minimum atomic E-state index is -1.47. The third-order valence-corrected chi connectivity index (χ3v) is 13.9. The van der Waals surface area contributed by atoms with Gasteiger partial charge >= 0.3 is 5.97 Å². The summed E-state index contributed by atoms with van der Waals surface area (Å²) in [5.41, 5.74) is 23.0. The number of aliphatic imine (C=N–C) groups is 1. The number of carboxylic acid groups (broad SMARTS) is 1. The van der Waals surface area contributed by atoms with Gasteiger partial charge in [-0.1, -0.05) is 51.9 Å². The molecule has 2 saturated heterocycles. The Balaban J connectivity index is 2.13. The number of amides is 6. The third-order valence-electron chi connectivity index (χ3n) is 10.4. The number of hydrogen-bond acceptors (Lipinski definition) is 15. The molecule has 2 heterocycles. The molecule has 1 aromatic carbocycles. The molecule has 21 nitrogen and oxygen atoms in total. The van der Waals surface area contributed by atoms with E-state index in [1.165, 1.54) is 0 Å². The fourth-order valence-electron chi connectivity index (χ4n) is 6.92. The maximum Gasteiger partial charge on any atom is 0.304 e. The molecule has 1 aromatic rings. The third kappa shape index (κ3) is 20.2. The quantitative estimate of drug-likeness (QED) is 0.0456. The highest BCUT2D eigenvalue weighted by Crippen LogP contribution is 2.27. The Morgan fingerprint density at radius 1 is 0.708 bits per heavy atom. The minimum Gasteiger partial charge on any atom is -0.481 e. The SMILES string of the molecule is NCCCC[C@@H]1NC(=O)CSC[C@@H](C(N)=O)NC(=O)[C@H](Cc2ccccc2)CC(=O)[C@@H]2CSSC[C@H](NC1=O)C(=O)C[C@@H](CCCN=C(N)N)C(=O)NCC(=O)C[C@@H](CC(=O)O)C(=O)N2. The summed E-state index contributed by atoms with van der Waals surface area (Å²) >= 11 is 0.955. The highest BCUT2D eigenvalue weighted by molar-refractivity contribution is 8.76. The van der Waals surface area contributed by atoms with Crippen LogP contribution in [0.4, 0.5) is 0 Å². The van der Waals surface area contributed by atoms with Crippen molar-refractivity contribution in [3.8, 4) is 0 Å². The first kappa shape index (κ1) is 54.1. The molecule has 2 aliphatic heterocycles. The van der Waals surface area contributed by atoms with Crippen molar-refractivity contribution in [3.63, 3.8) is 0 Å². The number of nitrogens with zero attached hydrogens (tertiary/aromatic N) is 1. The molecule has 0 saturated carbocycles. The first-order valence-electron chi connectivity index (χ1n) is 21.1. The Morgan fingerprint density at radius 3 is 1.95 bits per heavy atom. The van der Waals surface area contributed by atoms with Crippen LogP contribution in [-0.2, 0) is 54.4 Å². The van der Waals surface area contributed by atoms with Gasteiger partial charge in [0, 0.05) is 54.9 Å². The molecule has 0 radical (unpaired) electrons. The fraction of sp³-hybridized carbons (Fsp3) is 0.585. The molecule has 0 unspecified atom stereocenters. The summed E-state index contributed by atoms with van der Waals surface area (Å²) in [6, 6.07) is 3.68. The van der Waals surface area contributed by atoms with Crippen LogP contribution >= 0.6 is 33.3 Å². The summed E-state index contributed by atoms with van der Waals surface area (Å²) in [5, 5.41) is 22.8. The van der Waals surface area contributed by atoms with Gasteiger partial charge in [-0.05, 0) is 50.6 Å². The van der Waals surface area contributed by atoms with Crippen LogP contribution in [0.25, 0.3) is 0 Å². The van der Waals surface area contributed by atoms with Gasteiger partial charge in [0.05, 0.1) is 36.7 Å².